The van der Waals surface area contributed by atoms with E-state index < -0.39 is 20.8 Å². The van der Waals surface area contributed by atoms with Crippen molar-refractivity contribution in [3.05, 3.63) is 109 Å². The van der Waals surface area contributed by atoms with Crippen molar-refractivity contribution in [2.24, 2.45) is 0 Å². The second-order valence-corrected chi connectivity index (χ2v) is 14.4. The fourth-order valence-electron chi connectivity index (χ4n) is 4.54. The topological polar surface area (TPSA) is 0 Å². The van der Waals surface area contributed by atoms with Gasteiger partial charge < -0.3 is 0 Å². The maximum absolute atomic E-state index is 4.93. The summed E-state index contributed by atoms with van der Waals surface area (Å²) in [4.78, 5) is 0. The molecular formula is C34H36Cl2SiZr. The molecule has 0 heterocycles. The van der Waals surface area contributed by atoms with Crippen molar-refractivity contribution in [2.75, 3.05) is 0 Å². The Labute approximate surface area is 249 Å². The first kappa shape index (κ1) is 30.8. The minimum absolute atomic E-state index is 0.826. The Morgan fingerprint density at radius 3 is 1.05 bits per heavy atom. The third-order valence-electron chi connectivity index (χ3n) is 6.46. The molecule has 6 aromatic carbocycles. The number of unbranched alkanes of at least 4 members (excludes halogenated alkanes) is 2. The zero-order valence-electron chi connectivity index (χ0n) is 22.4. The van der Waals surface area contributed by atoms with Crippen molar-refractivity contribution in [1.82, 2.24) is 0 Å². The van der Waals surface area contributed by atoms with Crippen molar-refractivity contribution in [2.45, 2.75) is 51.6 Å². The molecular weight excluding hydrogens is 599 g/mol. The predicted molar refractivity (Wildman–Crippen MR) is 171 cm³/mol. The molecule has 0 aromatic heterocycles. The summed E-state index contributed by atoms with van der Waals surface area (Å²) >= 11 is -0.826. The van der Waals surface area contributed by atoms with E-state index in [0.717, 1.165) is 0 Å². The molecule has 0 saturated heterocycles. The molecule has 0 atom stereocenters. The van der Waals surface area contributed by atoms with Crippen LogP contribution in [0.15, 0.2) is 109 Å². The van der Waals surface area contributed by atoms with Gasteiger partial charge in [0, 0.05) is 9.52 Å². The molecule has 0 amide bonds. The van der Waals surface area contributed by atoms with Crippen LogP contribution in [0.1, 0.15) is 39.5 Å². The van der Waals surface area contributed by atoms with E-state index in [1.54, 1.807) is 0 Å². The van der Waals surface area contributed by atoms with E-state index in [1.165, 1.54) is 90.4 Å². The van der Waals surface area contributed by atoms with Crippen LogP contribution in [0.5, 0.6) is 0 Å². The Morgan fingerprint density at radius 1 is 0.526 bits per heavy atom. The third kappa shape index (κ3) is 9.20. The van der Waals surface area contributed by atoms with Crippen LogP contribution in [0.4, 0.5) is 0 Å². The normalized spacial score (nSPS) is 10.2. The SMILES string of the molecule is CCCC[Si]CCCC.[Cl][Zr+2][Cl].c1ccc2c(c1)[cH-]c1ccccc12.c1ccc2c(c1)[cH-]c1ccccc12. The number of rotatable bonds is 6. The molecule has 6 aromatic rings. The molecule has 0 spiro atoms. The van der Waals surface area contributed by atoms with Crippen molar-refractivity contribution < 1.29 is 20.8 Å². The summed E-state index contributed by atoms with van der Waals surface area (Å²) < 4.78 is 0. The Hall–Kier alpha value is -1.70. The van der Waals surface area contributed by atoms with Crippen molar-refractivity contribution >= 4 is 69.6 Å². The molecule has 194 valence electrons. The van der Waals surface area contributed by atoms with Gasteiger partial charge in [-0.05, 0) is 0 Å². The largest absolute Gasteiger partial charge is 0.126 e. The standard InChI is InChI=1S/2C13H9.C8H18Si.2ClH.Zr/c2*1-3-7-12-10(5-1)9-11-6-2-4-8-13(11)12;1-3-5-7-9-8-6-4-2;;;/h2*1-9H;3-8H2,1-2H3;2*1H;/q2*-1;;;;+4/p-2. The summed E-state index contributed by atoms with van der Waals surface area (Å²) in [5.41, 5.74) is 0. The zero-order valence-corrected chi connectivity index (χ0v) is 27.4. The van der Waals surface area contributed by atoms with Gasteiger partial charge in [0.15, 0.2) is 0 Å². The quantitative estimate of drug-likeness (QED) is 0.0971. The fraction of sp³-hybridized carbons (Fsp3) is 0.235. The molecule has 6 rings (SSSR count). The van der Waals surface area contributed by atoms with E-state index in [1.807, 2.05) is 0 Å². The van der Waals surface area contributed by atoms with Gasteiger partial charge in [-0.3, -0.25) is 0 Å². The van der Waals surface area contributed by atoms with Gasteiger partial charge in [0.1, 0.15) is 0 Å². The van der Waals surface area contributed by atoms with Crippen LogP contribution in [0.25, 0.3) is 43.1 Å². The van der Waals surface area contributed by atoms with E-state index in [2.05, 4.69) is 123 Å². The summed E-state index contributed by atoms with van der Waals surface area (Å²) in [6, 6.07) is 41.5. The van der Waals surface area contributed by atoms with Gasteiger partial charge in [0.2, 0.25) is 0 Å². The Kier molecular flexibility index (Phi) is 14.4. The van der Waals surface area contributed by atoms with E-state index in [9.17, 15) is 0 Å². The van der Waals surface area contributed by atoms with Crippen molar-refractivity contribution in [3.63, 3.8) is 0 Å². The zero-order chi connectivity index (χ0) is 27.0. The Balaban J connectivity index is 0.000000153. The fourth-order valence-corrected chi connectivity index (χ4v) is 5.99. The first-order chi connectivity index (χ1) is 18.7. The maximum Gasteiger partial charge on any atom is -0.0771 e. The van der Waals surface area contributed by atoms with E-state index in [0.29, 0.717) is 0 Å². The molecule has 0 saturated carbocycles. The predicted octanol–water partition coefficient (Wildman–Crippen LogP) is 11.9. The van der Waals surface area contributed by atoms with Crippen LogP contribution < -0.4 is 0 Å². The molecule has 0 bridgehead atoms. The van der Waals surface area contributed by atoms with Crippen LogP contribution in [0.2, 0.25) is 12.1 Å². The van der Waals surface area contributed by atoms with Gasteiger partial charge in [-0.2, -0.15) is 0 Å². The molecule has 4 heteroatoms. The van der Waals surface area contributed by atoms with Gasteiger partial charge in [-0.15, -0.1) is 79.5 Å². The molecule has 0 nitrogen and oxygen atoms in total. The van der Waals surface area contributed by atoms with Gasteiger partial charge in [-0.1, -0.05) is 124 Å². The summed E-state index contributed by atoms with van der Waals surface area (Å²) in [5.74, 6) is 0. The second-order valence-electron chi connectivity index (χ2n) is 9.17. The number of halogens is 2. The molecule has 0 unspecified atom stereocenters. The Bertz CT molecular complexity index is 1270. The maximum atomic E-state index is 4.93. The van der Waals surface area contributed by atoms with E-state index in [4.69, 9.17) is 17.0 Å². The minimum atomic E-state index is -0.826. The van der Waals surface area contributed by atoms with Gasteiger partial charge in [0.05, 0.1) is 0 Å². The minimum Gasteiger partial charge on any atom is -0.126 e. The van der Waals surface area contributed by atoms with Gasteiger partial charge >= 0.3 is 37.9 Å². The number of fused-ring (bicyclic) bond motifs is 6. The monoisotopic (exact) mass is 632 g/mol. The van der Waals surface area contributed by atoms with Gasteiger partial charge in [0.25, 0.3) is 0 Å². The average molecular weight is 635 g/mol. The van der Waals surface area contributed by atoms with E-state index in [-0.39, 0.29) is 0 Å². The number of hydrogen-bond acceptors (Lipinski definition) is 0. The third-order valence-corrected chi connectivity index (χ3v) is 7.87. The van der Waals surface area contributed by atoms with Crippen LogP contribution in [-0.4, -0.2) is 9.52 Å². The van der Waals surface area contributed by atoms with Crippen molar-refractivity contribution in [3.8, 4) is 0 Å². The van der Waals surface area contributed by atoms with Crippen LogP contribution in [0, 0.1) is 0 Å². The Morgan fingerprint density at radius 2 is 0.789 bits per heavy atom. The van der Waals surface area contributed by atoms with E-state index >= 15 is 0 Å². The van der Waals surface area contributed by atoms with Crippen LogP contribution in [-0.2, 0) is 20.8 Å². The molecule has 38 heavy (non-hydrogen) atoms. The first-order valence-corrected chi connectivity index (χ1v) is 21.2. The first-order valence-electron chi connectivity index (χ1n) is 13.5. The summed E-state index contributed by atoms with van der Waals surface area (Å²) in [6.07, 6.45) is 5.64. The van der Waals surface area contributed by atoms with Crippen LogP contribution in [0.3, 0.4) is 0 Å². The molecule has 2 radical (unpaired) electrons. The summed E-state index contributed by atoms with van der Waals surface area (Å²) in [7, 11) is 11.1. The summed E-state index contributed by atoms with van der Waals surface area (Å²) in [6.45, 7) is 4.54. The van der Waals surface area contributed by atoms with Crippen molar-refractivity contribution in [1.29, 1.82) is 0 Å². The van der Waals surface area contributed by atoms with Gasteiger partial charge in [-0.25, -0.2) is 0 Å². The molecule has 0 N–H and O–H groups in total. The smallest absolute Gasteiger partial charge is 0.0771 e. The number of benzene rings is 4. The second kappa shape index (κ2) is 17.8. The average Bonchev–Trinajstić information content (AvgIpc) is 3.53. The molecule has 0 aliphatic carbocycles. The summed E-state index contributed by atoms with van der Waals surface area (Å²) in [5, 5.41) is 10.8. The number of hydrogen-bond donors (Lipinski definition) is 0. The molecule has 0 fully saturated rings. The molecule has 0 aliphatic rings. The molecule has 0 aliphatic heterocycles. The van der Waals surface area contributed by atoms with Crippen LogP contribution >= 0.6 is 17.0 Å².